The van der Waals surface area contributed by atoms with Crippen molar-refractivity contribution < 1.29 is 19.5 Å². The van der Waals surface area contributed by atoms with E-state index in [4.69, 9.17) is 26.1 Å². The molecule has 1 amide bonds. The zero-order valence-corrected chi connectivity index (χ0v) is 23.7. The predicted molar refractivity (Wildman–Crippen MR) is 153 cm³/mol. The number of fused-ring (bicyclic) bond motifs is 1. The van der Waals surface area contributed by atoms with E-state index < -0.39 is 12.5 Å². The van der Waals surface area contributed by atoms with Crippen LogP contribution in [0.2, 0.25) is 5.02 Å². The zero-order valence-electron chi connectivity index (χ0n) is 23.0. The SMILES string of the molecule is CC(C)n1c(=O)c(OCC(=O)N(C)O)cc2cc(Nc3nc(N4CCC(OC5CCC5)CC4)ncc3Cl)ccc21. The maximum absolute atomic E-state index is 13.1. The molecule has 2 N–H and O–H groups in total. The Morgan fingerprint density at radius 1 is 1.20 bits per heavy atom. The van der Waals surface area contributed by atoms with Gasteiger partial charge in [-0.2, -0.15) is 4.98 Å². The number of pyridine rings is 1. The second-order valence-corrected chi connectivity index (χ2v) is 11.0. The van der Waals surface area contributed by atoms with Crippen LogP contribution in [0.25, 0.3) is 10.9 Å². The van der Waals surface area contributed by atoms with Gasteiger partial charge < -0.3 is 24.3 Å². The average molecular weight is 571 g/mol. The number of ether oxygens (including phenoxy) is 2. The fourth-order valence-electron chi connectivity index (χ4n) is 4.95. The first-order valence-corrected chi connectivity index (χ1v) is 14.0. The number of hydroxylamine groups is 2. The molecule has 214 valence electrons. The van der Waals surface area contributed by atoms with Crippen molar-refractivity contribution in [3.63, 3.8) is 0 Å². The van der Waals surface area contributed by atoms with Gasteiger partial charge in [-0.3, -0.25) is 14.8 Å². The summed E-state index contributed by atoms with van der Waals surface area (Å²) in [5, 5.41) is 14.1. The summed E-state index contributed by atoms with van der Waals surface area (Å²) in [6.45, 7) is 4.96. The molecular formula is C28H35ClN6O5. The molecule has 1 aliphatic heterocycles. The number of benzene rings is 1. The van der Waals surface area contributed by atoms with E-state index in [1.54, 1.807) is 16.8 Å². The first-order valence-electron chi connectivity index (χ1n) is 13.7. The quantitative estimate of drug-likeness (QED) is 0.282. The van der Waals surface area contributed by atoms with Gasteiger partial charge in [-0.05, 0) is 70.2 Å². The largest absolute Gasteiger partial charge is 0.478 e. The molecule has 12 heteroatoms. The molecule has 11 nitrogen and oxygen atoms in total. The van der Waals surface area contributed by atoms with Gasteiger partial charge in [0.25, 0.3) is 11.5 Å². The highest BCUT2D eigenvalue weighted by molar-refractivity contribution is 6.32. The van der Waals surface area contributed by atoms with Gasteiger partial charge in [0.05, 0.1) is 23.9 Å². The topological polar surface area (TPSA) is 122 Å². The summed E-state index contributed by atoms with van der Waals surface area (Å²) in [5.74, 6) is 0.428. The molecule has 3 heterocycles. The normalized spacial score (nSPS) is 16.3. The third-order valence-corrected chi connectivity index (χ3v) is 7.66. The Hall–Kier alpha value is -3.41. The Kier molecular flexibility index (Phi) is 8.43. The van der Waals surface area contributed by atoms with Gasteiger partial charge in [0.15, 0.2) is 18.2 Å². The smallest absolute Gasteiger partial charge is 0.293 e. The Morgan fingerprint density at radius 3 is 2.58 bits per heavy atom. The minimum absolute atomic E-state index is 0.0144. The van der Waals surface area contributed by atoms with Crippen LogP contribution in [0, 0.1) is 0 Å². The molecule has 0 unspecified atom stereocenters. The molecule has 2 aromatic heterocycles. The monoisotopic (exact) mass is 570 g/mol. The predicted octanol–water partition coefficient (Wildman–Crippen LogP) is 4.53. The number of likely N-dealkylation sites (N-methyl/N-ethyl adjacent to an activating group) is 1. The van der Waals surface area contributed by atoms with Crippen LogP contribution in [-0.4, -0.2) is 69.7 Å². The Labute approximate surface area is 237 Å². The minimum Gasteiger partial charge on any atom is -0.478 e. The lowest BCUT2D eigenvalue weighted by Gasteiger charge is -2.36. The fraction of sp³-hybridized carbons (Fsp3) is 0.500. The maximum Gasteiger partial charge on any atom is 0.293 e. The third kappa shape index (κ3) is 6.16. The van der Waals surface area contributed by atoms with E-state index in [1.165, 1.54) is 26.3 Å². The maximum atomic E-state index is 13.1. The molecule has 5 rings (SSSR count). The number of piperidine rings is 1. The standard InChI is InChI=1S/C28H35ClN6O5/c1-17(2)35-23-8-7-19(13-18(23)14-24(27(35)37)39-16-25(36)33(3)38)31-26-22(29)15-30-28(32-26)34-11-9-21(10-12-34)40-20-5-4-6-20/h7-8,13-15,17,20-21,38H,4-6,9-12,16H2,1-3H3,(H,30,31,32). The lowest BCUT2D eigenvalue weighted by Crippen LogP contribution is -2.40. The zero-order chi connectivity index (χ0) is 28.4. The van der Waals surface area contributed by atoms with E-state index in [1.807, 2.05) is 32.0 Å². The van der Waals surface area contributed by atoms with E-state index in [0.29, 0.717) is 45.3 Å². The van der Waals surface area contributed by atoms with Crippen molar-refractivity contribution in [3.05, 3.63) is 45.8 Å². The number of anilines is 3. The first kappa shape index (κ1) is 28.1. The first-order chi connectivity index (χ1) is 19.2. The number of halogens is 1. The number of nitrogens with zero attached hydrogens (tertiary/aromatic N) is 5. The number of hydrogen-bond donors (Lipinski definition) is 2. The number of nitrogens with one attached hydrogen (secondary N) is 1. The molecule has 2 aliphatic rings. The second-order valence-electron chi connectivity index (χ2n) is 10.6. The summed E-state index contributed by atoms with van der Waals surface area (Å²) in [4.78, 5) is 36.2. The van der Waals surface area contributed by atoms with E-state index in [9.17, 15) is 14.8 Å². The highest BCUT2D eigenvalue weighted by Gasteiger charge is 2.27. The fourth-order valence-corrected chi connectivity index (χ4v) is 5.09. The molecule has 2 fully saturated rings. The van der Waals surface area contributed by atoms with Crippen LogP contribution in [0.3, 0.4) is 0 Å². The van der Waals surface area contributed by atoms with Crippen molar-refractivity contribution in [2.24, 2.45) is 0 Å². The lowest BCUT2D eigenvalue weighted by molar-refractivity contribution is -0.161. The number of rotatable bonds is 9. The van der Waals surface area contributed by atoms with Crippen LogP contribution in [0.5, 0.6) is 5.75 Å². The van der Waals surface area contributed by atoms with Crippen molar-refractivity contribution in [2.75, 3.05) is 37.0 Å². The lowest BCUT2D eigenvalue weighted by atomic mass is 9.95. The number of aromatic nitrogens is 3. The molecule has 0 radical (unpaired) electrons. The highest BCUT2D eigenvalue weighted by atomic mass is 35.5. The van der Waals surface area contributed by atoms with Crippen LogP contribution in [-0.2, 0) is 9.53 Å². The number of carbonyl (C=O) groups is 1. The molecule has 1 saturated carbocycles. The highest BCUT2D eigenvalue weighted by Crippen LogP contribution is 2.30. The van der Waals surface area contributed by atoms with Gasteiger partial charge in [0.2, 0.25) is 5.95 Å². The molecule has 1 aromatic carbocycles. The van der Waals surface area contributed by atoms with E-state index in [0.717, 1.165) is 31.3 Å². The summed E-state index contributed by atoms with van der Waals surface area (Å²) >= 11 is 6.47. The van der Waals surface area contributed by atoms with Crippen molar-refractivity contribution in [2.45, 2.75) is 64.2 Å². The molecule has 3 aromatic rings. The summed E-state index contributed by atoms with van der Waals surface area (Å²) in [7, 11) is 1.20. The van der Waals surface area contributed by atoms with Crippen molar-refractivity contribution in [3.8, 4) is 5.75 Å². The summed E-state index contributed by atoms with van der Waals surface area (Å²) in [5.41, 5.74) is 1.06. The van der Waals surface area contributed by atoms with Crippen LogP contribution in [0.4, 0.5) is 17.5 Å². The minimum atomic E-state index is -0.671. The van der Waals surface area contributed by atoms with Crippen LogP contribution in [0.15, 0.2) is 35.3 Å². The average Bonchev–Trinajstić information content (AvgIpc) is 2.90. The Bertz CT molecular complexity index is 1430. The van der Waals surface area contributed by atoms with Crippen LogP contribution >= 0.6 is 11.6 Å². The van der Waals surface area contributed by atoms with Gasteiger partial charge in [-0.25, -0.2) is 10.0 Å². The number of carbonyl (C=O) groups excluding carboxylic acids is 1. The Balaban J connectivity index is 1.35. The summed E-state index contributed by atoms with van der Waals surface area (Å²) in [6, 6.07) is 7.00. The molecule has 1 aliphatic carbocycles. The van der Waals surface area contributed by atoms with E-state index in [-0.39, 0.29) is 17.4 Å². The van der Waals surface area contributed by atoms with E-state index in [2.05, 4.69) is 15.2 Å². The Morgan fingerprint density at radius 2 is 1.93 bits per heavy atom. The third-order valence-electron chi connectivity index (χ3n) is 7.39. The molecule has 0 spiro atoms. The van der Waals surface area contributed by atoms with E-state index >= 15 is 0 Å². The molecule has 0 atom stereocenters. The number of hydrogen-bond acceptors (Lipinski definition) is 9. The molecule has 1 saturated heterocycles. The molecular weight excluding hydrogens is 536 g/mol. The van der Waals surface area contributed by atoms with Crippen LogP contribution < -0.4 is 20.5 Å². The van der Waals surface area contributed by atoms with Gasteiger partial charge in [0, 0.05) is 37.3 Å². The molecule has 40 heavy (non-hydrogen) atoms. The molecule has 0 bridgehead atoms. The number of amides is 1. The van der Waals surface area contributed by atoms with Crippen molar-refractivity contribution >= 4 is 45.9 Å². The second kappa shape index (κ2) is 12.0. The van der Waals surface area contributed by atoms with Gasteiger partial charge >= 0.3 is 0 Å². The van der Waals surface area contributed by atoms with Crippen molar-refractivity contribution in [1.29, 1.82) is 0 Å². The van der Waals surface area contributed by atoms with Gasteiger partial charge in [-0.15, -0.1) is 0 Å². The summed E-state index contributed by atoms with van der Waals surface area (Å²) < 4.78 is 13.3. The summed E-state index contributed by atoms with van der Waals surface area (Å²) in [6.07, 6.45) is 7.83. The van der Waals surface area contributed by atoms with Gasteiger partial charge in [-0.1, -0.05) is 11.6 Å². The van der Waals surface area contributed by atoms with Crippen LogP contribution in [0.1, 0.15) is 52.0 Å². The van der Waals surface area contributed by atoms with Crippen molar-refractivity contribution in [1.82, 2.24) is 19.6 Å². The van der Waals surface area contributed by atoms with Gasteiger partial charge in [0.1, 0.15) is 5.02 Å².